The zero-order chi connectivity index (χ0) is 14.7. The first kappa shape index (κ1) is 14.3. The Kier molecular flexibility index (Phi) is 4.21. The number of aromatic carboxylic acids is 1. The van der Waals surface area contributed by atoms with E-state index in [1.165, 1.54) is 18.9 Å². The lowest BCUT2D eigenvalue weighted by Gasteiger charge is -2.11. The van der Waals surface area contributed by atoms with Crippen molar-refractivity contribution in [3.05, 3.63) is 34.6 Å². The summed E-state index contributed by atoms with van der Waals surface area (Å²) in [6.07, 6.45) is 0. The number of methoxy groups -OCH3 is 2. The fourth-order valence-electron chi connectivity index (χ4n) is 1.76. The zero-order valence-electron chi connectivity index (χ0n) is 10.8. The molecule has 0 aliphatic heterocycles. The van der Waals surface area contributed by atoms with Gasteiger partial charge in [-0.15, -0.1) is 5.10 Å². The maximum atomic E-state index is 11.1. The second-order valence-electron chi connectivity index (χ2n) is 3.85. The van der Waals surface area contributed by atoms with Gasteiger partial charge in [-0.05, 0) is 18.2 Å². The Hall–Kier alpha value is -2.12. The van der Waals surface area contributed by atoms with Gasteiger partial charge in [0.25, 0.3) is 0 Å². The van der Waals surface area contributed by atoms with Gasteiger partial charge >= 0.3 is 5.97 Å². The molecule has 0 atom stereocenters. The van der Waals surface area contributed by atoms with Crippen molar-refractivity contribution in [1.29, 1.82) is 0 Å². The third-order valence-electron chi connectivity index (χ3n) is 2.62. The van der Waals surface area contributed by atoms with Crippen LogP contribution < -0.4 is 4.74 Å². The summed E-state index contributed by atoms with van der Waals surface area (Å²) < 4.78 is 11.6. The molecule has 0 fully saturated rings. The minimum absolute atomic E-state index is 0.0459. The Labute approximate surface area is 119 Å². The molecule has 1 N–H and O–H groups in total. The van der Waals surface area contributed by atoms with Crippen molar-refractivity contribution < 1.29 is 19.4 Å². The zero-order valence-corrected chi connectivity index (χ0v) is 11.6. The van der Waals surface area contributed by atoms with Crippen molar-refractivity contribution in [2.24, 2.45) is 0 Å². The van der Waals surface area contributed by atoms with E-state index in [2.05, 4.69) is 10.3 Å². The maximum Gasteiger partial charge on any atom is 0.358 e. The SMILES string of the molecule is COCc1c(C(=O)O)nnn1-c1cc(Cl)ccc1OC. The Morgan fingerprint density at radius 2 is 2.20 bits per heavy atom. The number of carboxylic acid groups (broad SMARTS) is 1. The van der Waals surface area contributed by atoms with E-state index in [4.69, 9.17) is 26.2 Å². The van der Waals surface area contributed by atoms with Crippen molar-refractivity contribution in [2.75, 3.05) is 14.2 Å². The molecular formula is C12H12ClN3O4. The molecule has 0 aliphatic rings. The molecule has 1 heterocycles. The van der Waals surface area contributed by atoms with Crippen LogP contribution in [0.15, 0.2) is 18.2 Å². The van der Waals surface area contributed by atoms with Crippen molar-refractivity contribution in [1.82, 2.24) is 15.0 Å². The van der Waals surface area contributed by atoms with Crippen LogP contribution in [0.2, 0.25) is 5.02 Å². The number of carbonyl (C=O) groups is 1. The van der Waals surface area contributed by atoms with E-state index in [-0.39, 0.29) is 12.3 Å². The highest BCUT2D eigenvalue weighted by Crippen LogP contribution is 2.27. The minimum Gasteiger partial charge on any atom is -0.494 e. The van der Waals surface area contributed by atoms with Gasteiger partial charge in [-0.25, -0.2) is 9.48 Å². The van der Waals surface area contributed by atoms with Gasteiger partial charge in [0.05, 0.1) is 13.7 Å². The Morgan fingerprint density at radius 1 is 1.45 bits per heavy atom. The average molecular weight is 298 g/mol. The molecule has 8 heteroatoms. The Bertz CT molecular complexity index is 642. The number of aromatic nitrogens is 3. The molecule has 0 unspecified atom stereocenters. The van der Waals surface area contributed by atoms with Crippen molar-refractivity contribution >= 4 is 17.6 Å². The summed E-state index contributed by atoms with van der Waals surface area (Å²) in [6, 6.07) is 4.94. The fraction of sp³-hybridized carbons (Fsp3) is 0.250. The van der Waals surface area contributed by atoms with Gasteiger partial charge in [0, 0.05) is 12.1 Å². The lowest BCUT2D eigenvalue weighted by molar-refractivity contribution is 0.0685. The predicted molar refractivity (Wildman–Crippen MR) is 70.6 cm³/mol. The number of nitrogens with zero attached hydrogens (tertiary/aromatic N) is 3. The minimum atomic E-state index is -1.18. The summed E-state index contributed by atoms with van der Waals surface area (Å²) >= 11 is 5.96. The van der Waals surface area contributed by atoms with E-state index in [0.29, 0.717) is 22.2 Å². The van der Waals surface area contributed by atoms with E-state index in [1.807, 2.05) is 0 Å². The Balaban J connectivity index is 2.63. The van der Waals surface area contributed by atoms with Gasteiger partial charge in [0.15, 0.2) is 5.69 Å². The van der Waals surface area contributed by atoms with Crippen LogP contribution in [0.25, 0.3) is 5.69 Å². The second kappa shape index (κ2) is 5.89. The molecule has 106 valence electrons. The van der Waals surface area contributed by atoms with Gasteiger partial charge < -0.3 is 14.6 Å². The Morgan fingerprint density at radius 3 is 2.80 bits per heavy atom. The second-order valence-corrected chi connectivity index (χ2v) is 4.29. The lowest BCUT2D eigenvalue weighted by atomic mass is 10.2. The van der Waals surface area contributed by atoms with Crippen LogP contribution in [0, 0.1) is 0 Å². The van der Waals surface area contributed by atoms with Gasteiger partial charge in [-0.1, -0.05) is 16.8 Å². The maximum absolute atomic E-state index is 11.1. The number of ether oxygens (including phenoxy) is 2. The third kappa shape index (κ3) is 2.59. The summed E-state index contributed by atoms with van der Waals surface area (Å²) in [5.41, 5.74) is 0.626. The summed E-state index contributed by atoms with van der Waals surface area (Å²) in [6.45, 7) is 0.0459. The van der Waals surface area contributed by atoms with E-state index in [0.717, 1.165) is 0 Å². The van der Waals surface area contributed by atoms with Crippen LogP contribution in [0.3, 0.4) is 0 Å². The molecule has 2 aromatic rings. The number of hydrogen-bond acceptors (Lipinski definition) is 5. The van der Waals surface area contributed by atoms with Crippen LogP contribution in [-0.4, -0.2) is 40.3 Å². The summed E-state index contributed by atoms with van der Waals surface area (Å²) in [7, 11) is 2.95. The van der Waals surface area contributed by atoms with Gasteiger partial charge in [-0.3, -0.25) is 0 Å². The molecule has 7 nitrogen and oxygen atoms in total. The molecule has 0 radical (unpaired) electrons. The van der Waals surface area contributed by atoms with E-state index in [9.17, 15) is 4.79 Å². The van der Waals surface area contributed by atoms with Crippen LogP contribution in [0.1, 0.15) is 16.2 Å². The van der Waals surface area contributed by atoms with Crippen LogP contribution in [0.4, 0.5) is 0 Å². The van der Waals surface area contributed by atoms with E-state index in [1.54, 1.807) is 18.2 Å². The molecule has 1 aromatic carbocycles. The first-order chi connectivity index (χ1) is 9.58. The highest BCUT2D eigenvalue weighted by molar-refractivity contribution is 6.30. The third-order valence-corrected chi connectivity index (χ3v) is 2.85. The smallest absolute Gasteiger partial charge is 0.358 e. The molecule has 0 amide bonds. The van der Waals surface area contributed by atoms with Crippen molar-refractivity contribution in [3.8, 4) is 11.4 Å². The largest absolute Gasteiger partial charge is 0.494 e. The molecule has 2 rings (SSSR count). The lowest BCUT2D eigenvalue weighted by Crippen LogP contribution is -2.09. The molecule has 20 heavy (non-hydrogen) atoms. The van der Waals surface area contributed by atoms with Crippen LogP contribution >= 0.6 is 11.6 Å². The molecule has 0 saturated carbocycles. The molecule has 0 bridgehead atoms. The molecule has 0 aliphatic carbocycles. The summed E-state index contributed by atoms with van der Waals surface area (Å²) in [5, 5.41) is 17.1. The molecular weight excluding hydrogens is 286 g/mol. The average Bonchev–Trinajstić information content (AvgIpc) is 2.83. The van der Waals surface area contributed by atoms with Crippen molar-refractivity contribution in [2.45, 2.75) is 6.61 Å². The predicted octanol–water partition coefficient (Wildman–Crippen LogP) is 1.77. The van der Waals surface area contributed by atoms with Crippen molar-refractivity contribution in [3.63, 3.8) is 0 Å². The van der Waals surface area contributed by atoms with Crippen LogP contribution in [0.5, 0.6) is 5.75 Å². The number of benzene rings is 1. The molecule has 0 spiro atoms. The fourth-order valence-corrected chi connectivity index (χ4v) is 1.92. The number of rotatable bonds is 5. The topological polar surface area (TPSA) is 86.5 Å². The normalized spacial score (nSPS) is 10.6. The summed E-state index contributed by atoms with van der Waals surface area (Å²) in [4.78, 5) is 11.1. The van der Waals surface area contributed by atoms with Gasteiger partial charge in [0.2, 0.25) is 0 Å². The highest BCUT2D eigenvalue weighted by atomic mass is 35.5. The van der Waals surface area contributed by atoms with E-state index >= 15 is 0 Å². The molecule has 1 aromatic heterocycles. The van der Waals surface area contributed by atoms with E-state index < -0.39 is 5.97 Å². The first-order valence-electron chi connectivity index (χ1n) is 5.59. The highest BCUT2D eigenvalue weighted by Gasteiger charge is 2.21. The quantitative estimate of drug-likeness (QED) is 0.905. The monoisotopic (exact) mass is 297 g/mol. The first-order valence-corrected chi connectivity index (χ1v) is 5.97. The number of carboxylic acids is 1. The molecule has 0 saturated heterocycles. The van der Waals surface area contributed by atoms with Crippen LogP contribution in [-0.2, 0) is 11.3 Å². The number of halogens is 1. The van der Waals surface area contributed by atoms with Gasteiger partial charge in [0.1, 0.15) is 17.1 Å². The van der Waals surface area contributed by atoms with Gasteiger partial charge in [-0.2, -0.15) is 0 Å². The standard InChI is InChI=1S/C12H12ClN3O4/c1-19-6-9-11(12(17)18)14-15-16(9)8-5-7(13)3-4-10(8)20-2/h3-5H,6H2,1-2H3,(H,17,18). The summed E-state index contributed by atoms with van der Waals surface area (Å²) in [5.74, 6) is -0.683. The number of hydrogen-bond donors (Lipinski definition) is 1.